The van der Waals surface area contributed by atoms with E-state index in [-0.39, 0.29) is 28.0 Å². The van der Waals surface area contributed by atoms with E-state index in [1.54, 1.807) is 6.07 Å². The fraction of sp³-hybridized carbons (Fsp3) is 0.500. The Bertz CT molecular complexity index is 1300. The number of hydrogen-bond acceptors (Lipinski definition) is 4. The Morgan fingerprint density at radius 1 is 0.600 bits per heavy atom. The Labute approximate surface area is 284 Å². The molecule has 0 aliphatic carbocycles. The van der Waals surface area contributed by atoms with Gasteiger partial charge in [0, 0.05) is 0 Å². The Kier molecular flexibility index (Phi) is 20.9. The van der Waals surface area contributed by atoms with Crippen molar-refractivity contribution in [3.05, 3.63) is 82.9 Å². The molecule has 3 aromatic carbocycles. The average molecular weight is 656 g/mol. The standard InChI is InChI=1S/C30H44N2.C10H14O2.Ni/c1-5-9-11-12-13-17-21-30(32-28-23-22-25(7-3)26(8-4)24-28)29(20-10-6-2)31-27-18-15-14-16-19-27;1-3-4-8-7(2)5-6-9(11)10(8)12;/h14-16,18-19,22-24H,5-13,17,20-21H2,1-4H3;5-6,11-12H,3-4H2,1-2H3;/q;;+2/p-2. The molecular formula is C40H56N2NiO2. The van der Waals surface area contributed by atoms with Gasteiger partial charge in [-0.05, 0) is 92.8 Å². The van der Waals surface area contributed by atoms with Gasteiger partial charge in [-0.2, -0.15) is 0 Å². The SMILES string of the molecule is CCCCCCCCC(=Nc1ccc(CC)c(CC)c1)C(CCCC)=Nc1ccccc1.CCCc1c(C)ccc([O-])c1[O-].[Ni+2]. The van der Waals surface area contributed by atoms with Crippen LogP contribution in [0.3, 0.4) is 0 Å². The van der Waals surface area contributed by atoms with E-state index in [0.717, 1.165) is 55.5 Å². The maximum absolute atomic E-state index is 11.3. The molecule has 0 N–H and O–H groups in total. The molecule has 0 bridgehead atoms. The van der Waals surface area contributed by atoms with E-state index in [0.29, 0.717) is 12.0 Å². The topological polar surface area (TPSA) is 70.8 Å². The predicted molar refractivity (Wildman–Crippen MR) is 187 cm³/mol. The number of benzene rings is 3. The van der Waals surface area contributed by atoms with Gasteiger partial charge in [-0.3, -0.25) is 9.98 Å². The number of nitrogens with zero attached hydrogens (tertiary/aromatic N) is 2. The molecular weight excluding hydrogens is 599 g/mol. The number of aryl methyl sites for hydroxylation is 3. The minimum atomic E-state index is -0.385. The van der Waals surface area contributed by atoms with Crippen molar-refractivity contribution in [3.8, 4) is 11.5 Å². The van der Waals surface area contributed by atoms with Crippen LogP contribution in [0.4, 0.5) is 11.4 Å². The van der Waals surface area contributed by atoms with Gasteiger partial charge in [0.2, 0.25) is 0 Å². The summed E-state index contributed by atoms with van der Waals surface area (Å²) < 4.78 is 0. The summed E-state index contributed by atoms with van der Waals surface area (Å²) in [6.45, 7) is 12.9. The molecule has 0 atom stereocenters. The summed E-state index contributed by atoms with van der Waals surface area (Å²) in [4.78, 5) is 10.3. The first-order valence-corrected chi connectivity index (χ1v) is 17.2. The third-order valence-electron chi connectivity index (χ3n) is 8.06. The van der Waals surface area contributed by atoms with E-state index in [1.807, 2.05) is 13.8 Å². The molecule has 0 heterocycles. The maximum Gasteiger partial charge on any atom is 2.00 e. The van der Waals surface area contributed by atoms with Crippen molar-refractivity contribution >= 4 is 22.8 Å². The van der Waals surface area contributed by atoms with Gasteiger partial charge < -0.3 is 10.2 Å². The molecule has 248 valence electrons. The second-order valence-electron chi connectivity index (χ2n) is 11.7. The second-order valence-corrected chi connectivity index (χ2v) is 11.7. The van der Waals surface area contributed by atoms with Gasteiger partial charge >= 0.3 is 16.5 Å². The fourth-order valence-corrected chi connectivity index (χ4v) is 5.38. The molecule has 0 saturated heterocycles. The zero-order valence-electron chi connectivity index (χ0n) is 28.7. The van der Waals surface area contributed by atoms with E-state index < -0.39 is 0 Å². The largest absolute Gasteiger partial charge is 2.00 e. The minimum Gasteiger partial charge on any atom is -0.873 e. The van der Waals surface area contributed by atoms with Crippen LogP contribution in [0.1, 0.15) is 128 Å². The summed E-state index contributed by atoms with van der Waals surface area (Å²) >= 11 is 0. The zero-order chi connectivity index (χ0) is 32.2. The van der Waals surface area contributed by atoms with E-state index in [1.165, 1.54) is 73.6 Å². The number of aliphatic imine (C=N–C) groups is 2. The van der Waals surface area contributed by atoms with Crippen LogP contribution in [0, 0.1) is 6.92 Å². The average Bonchev–Trinajstić information content (AvgIpc) is 3.05. The van der Waals surface area contributed by atoms with Gasteiger partial charge in [-0.25, -0.2) is 0 Å². The molecule has 4 nitrogen and oxygen atoms in total. The molecule has 0 aliphatic rings. The first-order chi connectivity index (χ1) is 21.4. The summed E-state index contributed by atoms with van der Waals surface area (Å²) in [6.07, 6.45) is 15.9. The smallest absolute Gasteiger partial charge is 0.873 e. The van der Waals surface area contributed by atoms with Gasteiger partial charge in [0.15, 0.2) is 0 Å². The summed E-state index contributed by atoms with van der Waals surface area (Å²) in [5.41, 5.74) is 8.94. The van der Waals surface area contributed by atoms with Gasteiger partial charge in [0.05, 0.1) is 22.8 Å². The quantitative estimate of drug-likeness (QED) is 0.0825. The van der Waals surface area contributed by atoms with Crippen molar-refractivity contribution in [2.24, 2.45) is 9.98 Å². The molecule has 45 heavy (non-hydrogen) atoms. The van der Waals surface area contributed by atoms with Crippen LogP contribution < -0.4 is 10.2 Å². The van der Waals surface area contributed by atoms with E-state index in [9.17, 15) is 10.2 Å². The molecule has 0 aromatic heterocycles. The van der Waals surface area contributed by atoms with Crippen molar-refractivity contribution < 1.29 is 26.7 Å². The van der Waals surface area contributed by atoms with Crippen LogP contribution in [0.2, 0.25) is 0 Å². The first-order valence-electron chi connectivity index (χ1n) is 17.2. The van der Waals surface area contributed by atoms with Gasteiger partial charge in [0.25, 0.3) is 0 Å². The van der Waals surface area contributed by atoms with Crippen LogP contribution in [0.15, 0.2) is 70.6 Å². The molecule has 0 radical (unpaired) electrons. The normalized spacial score (nSPS) is 11.5. The molecule has 0 unspecified atom stereocenters. The molecule has 0 saturated carbocycles. The molecule has 5 heteroatoms. The summed E-state index contributed by atoms with van der Waals surface area (Å²) in [6, 6.07) is 20.2. The Morgan fingerprint density at radius 2 is 1.20 bits per heavy atom. The van der Waals surface area contributed by atoms with Crippen LogP contribution in [-0.4, -0.2) is 11.4 Å². The summed E-state index contributed by atoms with van der Waals surface area (Å²) in [7, 11) is 0. The van der Waals surface area contributed by atoms with E-state index in [4.69, 9.17) is 9.98 Å². The maximum atomic E-state index is 11.3. The monoisotopic (exact) mass is 654 g/mol. The third-order valence-corrected chi connectivity index (χ3v) is 8.06. The first kappa shape index (κ1) is 40.1. The summed E-state index contributed by atoms with van der Waals surface area (Å²) in [5, 5.41) is 22.2. The second kappa shape index (κ2) is 23.4. The number of rotatable bonds is 17. The molecule has 3 rings (SSSR count). The van der Waals surface area contributed by atoms with E-state index in [2.05, 4.69) is 76.2 Å². The van der Waals surface area contributed by atoms with Crippen molar-refractivity contribution in [2.45, 2.75) is 131 Å². The van der Waals surface area contributed by atoms with Crippen LogP contribution in [-0.2, 0) is 35.8 Å². The van der Waals surface area contributed by atoms with Crippen molar-refractivity contribution in [2.75, 3.05) is 0 Å². The van der Waals surface area contributed by atoms with Gasteiger partial charge in [-0.15, -0.1) is 11.5 Å². The van der Waals surface area contributed by atoms with E-state index >= 15 is 0 Å². The van der Waals surface area contributed by atoms with Crippen LogP contribution in [0.5, 0.6) is 11.5 Å². The zero-order valence-corrected chi connectivity index (χ0v) is 29.7. The molecule has 0 spiro atoms. The Balaban J connectivity index is 0.000000653. The predicted octanol–water partition coefficient (Wildman–Crippen LogP) is 10.7. The van der Waals surface area contributed by atoms with Gasteiger partial charge in [-0.1, -0.05) is 122 Å². The number of hydrogen-bond donors (Lipinski definition) is 0. The van der Waals surface area contributed by atoms with Crippen molar-refractivity contribution in [3.63, 3.8) is 0 Å². The number of unbranched alkanes of at least 4 members (excludes halogenated alkanes) is 6. The molecule has 0 amide bonds. The summed E-state index contributed by atoms with van der Waals surface area (Å²) in [5.74, 6) is -0.707. The number of para-hydroxylation sites is 1. The molecule has 0 fully saturated rings. The fourth-order valence-electron chi connectivity index (χ4n) is 5.38. The Hall–Kier alpha value is -2.91. The third kappa shape index (κ3) is 14.4. The van der Waals surface area contributed by atoms with Crippen LogP contribution in [0.25, 0.3) is 0 Å². The minimum absolute atomic E-state index is 0. The van der Waals surface area contributed by atoms with Crippen molar-refractivity contribution in [1.29, 1.82) is 0 Å². The molecule has 3 aromatic rings. The van der Waals surface area contributed by atoms with Crippen LogP contribution >= 0.6 is 0 Å². The Morgan fingerprint density at radius 3 is 1.82 bits per heavy atom. The van der Waals surface area contributed by atoms with Gasteiger partial charge in [0.1, 0.15) is 0 Å². The van der Waals surface area contributed by atoms with Crippen molar-refractivity contribution in [1.82, 2.24) is 0 Å². The molecule has 0 aliphatic heterocycles.